The van der Waals surface area contributed by atoms with Crippen molar-refractivity contribution in [3.05, 3.63) is 29.8 Å². The van der Waals surface area contributed by atoms with Crippen molar-refractivity contribution in [3.8, 4) is 5.75 Å². The minimum absolute atomic E-state index is 0.285. The fourth-order valence-corrected chi connectivity index (χ4v) is 3.43. The maximum Gasteiger partial charge on any atom is 0.335 e. The Morgan fingerprint density at radius 2 is 2.10 bits per heavy atom. The largest absolute Gasteiger partial charge is 0.492 e. The van der Waals surface area contributed by atoms with Crippen LogP contribution in [0.1, 0.15) is 29.6 Å². The van der Waals surface area contributed by atoms with Gasteiger partial charge in [-0.1, -0.05) is 0 Å². The Balaban J connectivity index is 1.39. The van der Waals surface area contributed by atoms with Gasteiger partial charge in [0.25, 0.3) is 0 Å². The van der Waals surface area contributed by atoms with Gasteiger partial charge in [0, 0.05) is 25.2 Å². The molecule has 2 N–H and O–H groups in total. The summed E-state index contributed by atoms with van der Waals surface area (Å²) < 4.78 is 5.64. The number of ether oxygens (including phenoxy) is 1. The van der Waals surface area contributed by atoms with Crippen molar-refractivity contribution in [2.24, 2.45) is 0 Å². The first kappa shape index (κ1) is 14.4. The lowest BCUT2D eigenvalue weighted by Crippen LogP contribution is -2.40. The lowest BCUT2D eigenvalue weighted by atomic mass is 10.1. The van der Waals surface area contributed by atoms with Gasteiger partial charge in [0.15, 0.2) is 0 Å². The highest BCUT2D eigenvalue weighted by Crippen LogP contribution is 2.27. The first-order chi connectivity index (χ1) is 10.2. The molecule has 1 aromatic rings. The van der Waals surface area contributed by atoms with Crippen LogP contribution in [0.5, 0.6) is 5.75 Å². The van der Waals surface area contributed by atoms with Crippen LogP contribution in [0, 0.1) is 0 Å². The van der Waals surface area contributed by atoms with Gasteiger partial charge in [-0.3, -0.25) is 4.90 Å². The highest BCUT2D eigenvalue weighted by Gasteiger charge is 2.36. The highest BCUT2D eigenvalue weighted by atomic mass is 16.5. The van der Waals surface area contributed by atoms with Crippen molar-refractivity contribution < 1.29 is 14.6 Å². The zero-order chi connectivity index (χ0) is 14.7. The summed E-state index contributed by atoms with van der Waals surface area (Å²) in [5, 5.41) is 12.4. The van der Waals surface area contributed by atoms with Gasteiger partial charge in [-0.2, -0.15) is 0 Å². The molecule has 0 radical (unpaired) electrons. The van der Waals surface area contributed by atoms with E-state index in [0.717, 1.165) is 18.3 Å². The van der Waals surface area contributed by atoms with Crippen LogP contribution in [0.25, 0.3) is 0 Å². The maximum absolute atomic E-state index is 10.8. The van der Waals surface area contributed by atoms with E-state index in [1.165, 1.54) is 32.4 Å². The first-order valence-electron chi connectivity index (χ1n) is 7.67. The zero-order valence-electron chi connectivity index (χ0n) is 12.1. The van der Waals surface area contributed by atoms with Crippen LogP contribution >= 0.6 is 0 Å². The van der Waals surface area contributed by atoms with E-state index in [2.05, 4.69) is 10.2 Å². The van der Waals surface area contributed by atoms with Crippen LogP contribution in [0.3, 0.4) is 0 Å². The van der Waals surface area contributed by atoms with Crippen molar-refractivity contribution in [2.45, 2.75) is 31.3 Å². The van der Waals surface area contributed by atoms with Gasteiger partial charge in [0.05, 0.1) is 5.56 Å². The van der Waals surface area contributed by atoms with E-state index in [1.54, 1.807) is 24.3 Å². The number of nitrogens with one attached hydrogen (secondary N) is 1. The third-order valence-corrected chi connectivity index (χ3v) is 4.48. The van der Waals surface area contributed by atoms with Gasteiger partial charge in [-0.25, -0.2) is 4.79 Å². The summed E-state index contributed by atoms with van der Waals surface area (Å²) in [6.45, 7) is 3.92. The number of carboxylic acids is 1. The van der Waals surface area contributed by atoms with E-state index >= 15 is 0 Å². The van der Waals surface area contributed by atoms with Gasteiger partial charge in [-0.15, -0.1) is 0 Å². The summed E-state index contributed by atoms with van der Waals surface area (Å²) >= 11 is 0. The summed E-state index contributed by atoms with van der Waals surface area (Å²) in [6, 6.07) is 7.87. The molecule has 5 nitrogen and oxygen atoms in total. The van der Waals surface area contributed by atoms with Gasteiger partial charge in [-0.05, 0) is 50.1 Å². The second-order valence-electron chi connectivity index (χ2n) is 5.77. The van der Waals surface area contributed by atoms with E-state index in [4.69, 9.17) is 9.84 Å². The summed E-state index contributed by atoms with van der Waals surface area (Å²) in [5.41, 5.74) is 0.285. The molecule has 0 spiro atoms. The first-order valence-corrected chi connectivity index (χ1v) is 7.67. The quantitative estimate of drug-likeness (QED) is 0.779. The normalized spacial score (nSPS) is 25.0. The summed E-state index contributed by atoms with van der Waals surface area (Å²) in [5.74, 6) is -0.193. The molecule has 0 amide bonds. The van der Waals surface area contributed by atoms with Crippen molar-refractivity contribution in [2.75, 3.05) is 26.2 Å². The Labute approximate surface area is 124 Å². The van der Waals surface area contributed by atoms with E-state index in [-0.39, 0.29) is 5.56 Å². The molecular formula is C16H22N2O3. The Morgan fingerprint density at radius 3 is 2.86 bits per heavy atom. The van der Waals surface area contributed by atoms with Crippen LogP contribution in [0.15, 0.2) is 24.3 Å². The van der Waals surface area contributed by atoms with Crippen LogP contribution < -0.4 is 10.1 Å². The molecule has 2 saturated heterocycles. The van der Waals surface area contributed by atoms with Crippen LogP contribution in [-0.4, -0.2) is 54.3 Å². The van der Waals surface area contributed by atoms with Crippen molar-refractivity contribution in [1.82, 2.24) is 10.2 Å². The number of hydrogen-bond acceptors (Lipinski definition) is 4. The number of aromatic carboxylic acids is 1. The minimum Gasteiger partial charge on any atom is -0.492 e. The van der Waals surface area contributed by atoms with Gasteiger partial charge in [0.2, 0.25) is 0 Å². The summed E-state index contributed by atoms with van der Waals surface area (Å²) in [4.78, 5) is 13.3. The molecule has 5 heteroatoms. The average molecular weight is 290 g/mol. The molecule has 0 aromatic heterocycles. The van der Waals surface area contributed by atoms with Gasteiger partial charge >= 0.3 is 5.97 Å². The van der Waals surface area contributed by atoms with E-state index < -0.39 is 5.97 Å². The fraction of sp³-hybridized carbons (Fsp3) is 0.562. The monoisotopic (exact) mass is 290 g/mol. The Bertz CT molecular complexity index is 489. The number of fused-ring (bicyclic) bond motifs is 1. The smallest absolute Gasteiger partial charge is 0.335 e. The number of carbonyl (C=O) groups is 1. The molecule has 0 bridgehead atoms. The molecule has 2 fully saturated rings. The van der Waals surface area contributed by atoms with E-state index in [0.29, 0.717) is 12.6 Å². The number of hydrogen-bond donors (Lipinski definition) is 2. The van der Waals surface area contributed by atoms with E-state index in [9.17, 15) is 4.79 Å². The molecule has 2 aliphatic heterocycles. The number of nitrogens with zero attached hydrogens (tertiary/aromatic N) is 1. The predicted octanol–water partition coefficient (Wildman–Crippen LogP) is 1.59. The molecule has 3 rings (SSSR count). The molecule has 2 atom stereocenters. The molecule has 1 aromatic carbocycles. The molecular weight excluding hydrogens is 268 g/mol. The minimum atomic E-state index is -0.912. The van der Waals surface area contributed by atoms with Gasteiger partial charge in [0.1, 0.15) is 12.4 Å². The van der Waals surface area contributed by atoms with E-state index in [1.807, 2.05) is 0 Å². The van der Waals surface area contributed by atoms with Crippen molar-refractivity contribution in [3.63, 3.8) is 0 Å². The van der Waals surface area contributed by atoms with Crippen LogP contribution in [0.4, 0.5) is 0 Å². The van der Waals surface area contributed by atoms with Crippen molar-refractivity contribution in [1.29, 1.82) is 0 Å². The predicted molar refractivity (Wildman–Crippen MR) is 79.9 cm³/mol. The lowest BCUT2D eigenvalue weighted by Gasteiger charge is -2.21. The summed E-state index contributed by atoms with van der Waals surface area (Å²) in [6.07, 6.45) is 3.88. The fourth-order valence-electron chi connectivity index (χ4n) is 3.43. The topological polar surface area (TPSA) is 61.8 Å². The molecule has 0 aliphatic carbocycles. The Hall–Kier alpha value is -1.59. The second-order valence-corrected chi connectivity index (χ2v) is 5.77. The molecule has 21 heavy (non-hydrogen) atoms. The third-order valence-electron chi connectivity index (χ3n) is 4.48. The second kappa shape index (κ2) is 6.45. The number of benzene rings is 1. The molecule has 0 saturated carbocycles. The highest BCUT2D eigenvalue weighted by molar-refractivity contribution is 5.87. The lowest BCUT2D eigenvalue weighted by molar-refractivity contribution is 0.0697. The zero-order valence-corrected chi connectivity index (χ0v) is 12.1. The Morgan fingerprint density at radius 1 is 1.29 bits per heavy atom. The molecule has 2 unspecified atom stereocenters. The number of rotatable bonds is 6. The SMILES string of the molecule is O=C(O)c1ccc(OCCNC2CCN3CCCC23)cc1. The Kier molecular flexibility index (Phi) is 4.41. The molecule has 2 heterocycles. The summed E-state index contributed by atoms with van der Waals surface area (Å²) in [7, 11) is 0. The number of carboxylic acid groups (broad SMARTS) is 1. The molecule has 2 aliphatic rings. The van der Waals surface area contributed by atoms with Crippen LogP contribution in [0.2, 0.25) is 0 Å². The maximum atomic E-state index is 10.8. The van der Waals surface area contributed by atoms with Crippen molar-refractivity contribution >= 4 is 5.97 Å². The third kappa shape index (κ3) is 3.36. The average Bonchev–Trinajstić information content (AvgIpc) is 3.08. The van der Waals surface area contributed by atoms with Gasteiger partial charge < -0.3 is 15.2 Å². The molecule has 114 valence electrons. The van der Waals surface area contributed by atoms with Crippen LogP contribution in [-0.2, 0) is 0 Å². The standard InChI is InChI=1S/C16H22N2O3/c19-16(20)12-3-5-13(6-4-12)21-11-8-17-14-7-10-18-9-1-2-15(14)18/h3-6,14-15,17H,1-2,7-11H2,(H,19,20).